The lowest BCUT2D eigenvalue weighted by molar-refractivity contribution is -0.121. The van der Waals surface area contributed by atoms with E-state index in [-0.39, 0.29) is 11.8 Å². The van der Waals surface area contributed by atoms with Crippen LogP contribution in [0.2, 0.25) is 0 Å². The maximum Gasteiger partial charge on any atom is 0.220 e. The molecule has 2 aromatic carbocycles. The lowest BCUT2D eigenvalue weighted by Gasteiger charge is -2.11. The van der Waals surface area contributed by atoms with E-state index in [1.807, 2.05) is 36.4 Å². The zero-order valence-electron chi connectivity index (χ0n) is 11.6. The molecule has 0 saturated heterocycles. The highest BCUT2D eigenvalue weighted by atomic mass is 79.9. The number of halogens is 1. The predicted molar refractivity (Wildman–Crippen MR) is 88.3 cm³/mol. The molecule has 2 aromatic rings. The van der Waals surface area contributed by atoms with Gasteiger partial charge in [0.2, 0.25) is 5.91 Å². The lowest BCUT2D eigenvalue weighted by atomic mass is 9.97. The molecule has 3 nitrogen and oxygen atoms in total. The summed E-state index contributed by atoms with van der Waals surface area (Å²) in [5.74, 6) is 0.363. The molecule has 1 unspecified atom stereocenters. The summed E-state index contributed by atoms with van der Waals surface area (Å²) in [6.45, 7) is 1.41. The molecule has 0 saturated carbocycles. The third-order valence-electron chi connectivity index (χ3n) is 3.75. The van der Waals surface area contributed by atoms with Crippen LogP contribution in [0.3, 0.4) is 0 Å². The van der Waals surface area contributed by atoms with Crippen molar-refractivity contribution in [3.8, 4) is 0 Å². The number of para-hydroxylation sites is 1. The van der Waals surface area contributed by atoms with Crippen LogP contribution >= 0.6 is 15.9 Å². The second kappa shape index (κ2) is 6.31. The monoisotopic (exact) mass is 344 g/mol. The number of hydrogen-bond acceptors (Lipinski definition) is 2. The maximum absolute atomic E-state index is 12.1. The third-order valence-corrected chi connectivity index (χ3v) is 4.24. The average Bonchev–Trinajstić information content (AvgIpc) is 2.89. The van der Waals surface area contributed by atoms with Gasteiger partial charge in [0.1, 0.15) is 0 Å². The van der Waals surface area contributed by atoms with E-state index in [2.05, 4.69) is 38.7 Å². The van der Waals surface area contributed by atoms with Crippen LogP contribution in [0.4, 0.5) is 5.69 Å². The van der Waals surface area contributed by atoms with Gasteiger partial charge in [-0.2, -0.15) is 0 Å². The zero-order valence-corrected chi connectivity index (χ0v) is 13.2. The van der Waals surface area contributed by atoms with E-state index in [1.54, 1.807) is 0 Å². The molecule has 0 aromatic heterocycles. The minimum atomic E-state index is 0.0958. The number of rotatable bonds is 4. The van der Waals surface area contributed by atoms with Crippen molar-refractivity contribution in [2.45, 2.75) is 18.9 Å². The molecule has 1 heterocycles. The van der Waals surface area contributed by atoms with Crippen molar-refractivity contribution in [3.05, 3.63) is 64.1 Å². The van der Waals surface area contributed by atoms with Gasteiger partial charge in [0.25, 0.3) is 0 Å². The fourth-order valence-corrected chi connectivity index (χ4v) is 3.13. The molecule has 2 N–H and O–H groups in total. The highest BCUT2D eigenvalue weighted by molar-refractivity contribution is 9.10. The highest BCUT2D eigenvalue weighted by Gasteiger charge is 2.23. The van der Waals surface area contributed by atoms with Crippen LogP contribution in [0.25, 0.3) is 0 Å². The number of hydrogen-bond donors (Lipinski definition) is 2. The summed E-state index contributed by atoms with van der Waals surface area (Å²) in [5, 5.41) is 6.35. The van der Waals surface area contributed by atoms with Gasteiger partial charge in [0.15, 0.2) is 0 Å². The van der Waals surface area contributed by atoms with E-state index in [4.69, 9.17) is 0 Å². The van der Waals surface area contributed by atoms with Crippen LogP contribution in [-0.2, 0) is 11.3 Å². The van der Waals surface area contributed by atoms with E-state index in [9.17, 15) is 4.79 Å². The Hall–Kier alpha value is -1.81. The molecule has 1 aliphatic heterocycles. The molecule has 108 valence electrons. The first kappa shape index (κ1) is 14.1. The second-order valence-corrected chi connectivity index (χ2v) is 6.19. The number of nitrogens with one attached hydrogen (secondary N) is 2. The fourth-order valence-electron chi connectivity index (χ4n) is 2.68. The zero-order chi connectivity index (χ0) is 14.7. The Bertz CT molecular complexity index is 657. The normalized spacial score (nSPS) is 16.1. The smallest absolute Gasteiger partial charge is 0.220 e. The van der Waals surface area contributed by atoms with Crippen LogP contribution in [0.15, 0.2) is 53.0 Å². The Labute approximate surface area is 132 Å². The van der Waals surface area contributed by atoms with Crippen LogP contribution in [0, 0.1) is 0 Å². The number of anilines is 1. The van der Waals surface area contributed by atoms with Crippen LogP contribution in [0.5, 0.6) is 0 Å². The number of carbonyl (C=O) groups is 1. The van der Waals surface area contributed by atoms with E-state index in [1.165, 1.54) is 5.56 Å². The Morgan fingerprint density at radius 2 is 2.10 bits per heavy atom. The quantitative estimate of drug-likeness (QED) is 0.888. The molecule has 0 aliphatic carbocycles. The van der Waals surface area contributed by atoms with Gasteiger partial charge in [-0.1, -0.05) is 46.3 Å². The molecular weight excluding hydrogens is 328 g/mol. The van der Waals surface area contributed by atoms with Gasteiger partial charge in [-0.25, -0.2) is 0 Å². The van der Waals surface area contributed by atoms with Crippen molar-refractivity contribution in [1.82, 2.24) is 5.32 Å². The number of carbonyl (C=O) groups excluding carboxylic acids is 1. The molecule has 21 heavy (non-hydrogen) atoms. The summed E-state index contributed by atoms with van der Waals surface area (Å²) in [6, 6.07) is 16.2. The molecule has 0 spiro atoms. The van der Waals surface area contributed by atoms with E-state index in [0.717, 1.165) is 22.3 Å². The minimum absolute atomic E-state index is 0.0958. The Kier molecular flexibility index (Phi) is 4.25. The maximum atomic E-state index is 12.1. The molecule has 1 atom stereocenters. The van der Waals surface area contributed by atoms with Gasteiger partial charge in [-0.15, -0.1) is 0 Å². The first-order valence-corrected chi connectivity index (χ1v) is 7.85. The number of amides is 1. The summed E-state index contributed by atoms with van der Waals surface area (Å²) < 4.78 is 1.03. The van der Waals surface area contributed by atoms with Crippen molar-refractivity contribution >= 4 is 27.5 Å². The number of benzene rings is 2. The summed E-state index contributed by atoms with van der Waals surface area (Å²) in [4.78, 5) is 12.1. The second-order valence-electron chi connectivity index (χ2n) is 5.28. The fraction of sp³-hybridized carbons (Fsp3) is 0.235. The molecule has 0 fully saturated rings. The van der Waals surface area contributed by atoms with E-state index < -0.39 is 0 Å². The molecule has 1 amide bonds. The van der Waals surface area contributed by atoms with Crippen molar-refractivity contribution in [2.24, 2.45) is 0 Å². The van der Waals surface area contributed by atoms with Gasteiger partial charge in [0.05, 0.1) is 0 Å². The van der Waals surface area contributed by atoms with Gasteiger partial charge in [-0.05, 0) is 29.3 Å². The molecule has 3 rings (SSSR count). The van der Waals surface area contributed by atoms with Crippen LogP contribution in [-0.4, -0.2) is 12.5 Å². The highest BCUT2D eigenvalue weighted by Crippen LogP contribution is 2.32. The first-order valence-electron chi connectivity index (χ1n) is 7.06. The average molecular weight is 345 g/mol. The topological polar surface area (TPSA) is 41.1 Å². The first-order chi connectivity index (χ1) is 10.2. The van der Waals surface area contributed by atoms with Gasteiger partial charge < -0.3 is 10.6 Å². The molecule has 4 heteroatoms. The summed E-state index contributed by atoms with van der Waals surface area (Å²) in [7, 11) is 0. The van der Waals surface area contributed by atoms with Gasteiger partial charge in [-0.3, -0.25) is 4.79 Å². The molecular formula is C17H17BrN2O. The molecule has 1 aliphatic rings. The standard InChI is InChI=1S/C17H17BrN2O/c18-14-5-3-4-12(8-14)10-20-17(21)9-13-11-19-16-7-2-1-6-15(13)16/h1-8,13,19H,9-11H2,(H,20,21). The Morgan fingerprint density at radius 3 is 2.95 bits per heavy atom. The summed E-state index contributed by atoms with van der Waals surface area (Å²) in [5.41, 5.74) is 3.50. The van der Waals surface area contributed by atoms with Crippen molar-refractivity contribution in [2.75, 3.05) is 11.9 Å². The van der Waals surface area contributed by atoms with Crippen molar-refractivity contribution < 1.29 is 4.79 Å². The Morgan fingerprint density at radius 1 is 1.24 bits per heavy atom. The predicted octanol–water partition coefficient (Wildman–Crippen LogP) is 3.66. The summed E-state index contributed by atoms with van der Waals surface area (Å²) in [6.07, 6.45) is 0.526. The van der Waals surface area contributed by atoms with Gasteiger partial charge in [0, 0.05) is 35.6 Å². The van der Waals surface area contributed by atoms with E-state index in [0.29, 0.717) is 13.0 Å². The number of fused-ring (bicyclic) bond motifs is 1. The molecule has 0 radical (unpaired) electrons. The minimum Gasteiger partial charge on any atom is -0.384 e. The van der Waals surface area contributed by atoms with Crippen LogP contribution in [0.1, 0.15) is 23.5 Å². The lowest BCUT2D eigenvalue weighted by Crippen LogP contribution is -2.25. The van der Waals surface area contributed by atoms with E-state index >= 15 is 0 Å². The molecule has 0 bridgehead atoms. The van der Waals surface area contributed by atoms with Crippen molar-refractivity contribution in [1.29, 1.82) is 0 Å². The third kappa shape index (κ3) is 3.45. The van der Waals surface area contributed by atoms with Crippen molar-refractivity contribution in [3.63, 3.8) is 0 Å². The SMILES string of the molecule is O=C(CC1CNc2ccccc21)NCc1cccc(Br)c1. The summed E-state index contributed by atoms with van der Waals surface area (Å²) >= 11 is 3.44. The van der Waals surface area contributed by atoms with Gasteiger partial charge >= 0.3 is 0 Å². The largest absolute Gasteiger partial charge is 0.384 e. The van der Waals surface area contributed by atoms with Crippen LogP contribution < -0.4 is 10.6 Å². The Balaban J connectivity index is 1.56.